The first-order chi connectivity index (χ1) is 17.0. The van der Waals surface area contributed by atoms with Crippen molar-refractivity contribution in [3.63, 3.8) is 0 Å². The van der Waals surface area contributed by atoms with Gasteiger partial charge in [0.2, 0.25) is 11.5 Å². The van der Waals surface area contributed by atoms with Crippen molar-refractivity contribution in [2.24, 2.45) is 0 Å². The quantitative estimate of drug-likeness (QED) is 0.430. The number of allylic oxidation sites excluding steroid dienone is 1. The number of rotatable bonds is 6. The van der Waals surface area contributed by atoms with E-state index in [1.165, 1.54) is 14.2 Å². The molecule has 2 heterocycles. The zero-order chi connectivity index (χ0) is 24.5. The summed E-state index contributed by atoms with van der Waals surface area (Å²) in [5.74, 6) is 2.62. The molecular formula is C27H24ClNO6. The summed E-state index contributed by atoms with van der Waals surface area (Å²) in [4.78, 5) is 15.3. The minimum atomic E-state index is -0.206. The van der Waals surface area contributed by atoms with Gasteiger partial charge in [0.15, 0.2) is 17.3 Å². The number of fused-ring (bicyclic) bond motifs is 3. The summed E-state index contributed by atoms with van der Waals surface area (Å²) in [7, 11) is 4.62. The number of benzene rings is 3. The molecule has 7 nitrogen and oxygen atoms in total. The van der Waals surface area contributed by atoms with Gasteiger partial charge in [-0.1, -0.05) is 29.8 Å². The van der Waals surface area contributed by atoms with E-state index in [1.54, 1.807) is 31.4 Å². The van der Waals surface area contributed by atoms with Crippen LogP contribution in [0, 0.1) is 0 Å². The summed E-state index contributed by atoms with van der Waals surface area (Å²) in [5, 5.41) is 0.706. The highest BCUT2D eigenvalue weighted by atomic mass is 35.5. The van der Waals surface area contributed by atoms with E-state index in [9.17, 15) is 4.79 Å². The second-order valence-electron chi connectivity index (χ2n) is 8.13. The first-order valence-corrected chi connectivity index (χ1v) is 11.4. The van der Waals surface area contributed by atoms with Crippen molar-refractivity contribution >= 4 is 23.5 Å². The summed E-state index contributed by atoms with van der Waals surface area (Å²) in [6, 6.07) is 14.8. The molecule has 0 unspecified atom stereocenters. The number of hydrogen-bond acceptors (Lipinski definition) is 7. The Morgan fingerprint density at radius 2 is 1.80 bits per heavy atom. The SMILES string of the molecule is COc1ccc(/C=C2\Oc3c(ccc4c3CN(Cc3ccccc3Cl)CO4)C2=O)c(OC)c1OC. The van der Waals surface area contributed by atoms with Gasteiger partial charge >= 0.3 is 0 Å². The predicted molar refractivity (Wildman–Crippen MR) is 132 cm³/mol. The fraction of sp³-hybridized carbons (Fsp3) is 0.222. The lowest BCUT2D eigenvalue weighted by atomic mass is 10.0. The minimum Gasteiger partial charge on any atom is -0.493 e. The van der Waals surface area contributed by atoms with Gasteiger partial charge in [-0.2, -0.15) is 0 Å². The highest BCUT2D eigenvalue weighted by Gasteiger charge is 2.34. The van der Waals surface area contributed by atoms with Gasteiger partial charge in [-0.3, -0.25) is 9.69 Å². The van der Waals surface area contributed by atoms with Crippen LogP contribution in [-0.2, 0) is 13.1 Å². The van der Waals surface area contributed by atoms with E-state index in [4.69, 9.17) is 35.3 Å². The molecule has 3 aromatic carbocycles. The average molecular weight is 494 g/mol. The molecule has 0 N–H and O–H groups in total. The molecule has 0 aromatic heterocycles. The Balaban J connectivity index is 1.46. The van der Waals surface area contributed by atoms with Crippen LogP contribution < -0.4 is 23.7 Å². The van der Waals surface area contributed by atoms with Gasteiger partial charge in [0.05, 0.1) is 32.5 Å². The summed E-state index contributed by atoms with van der Waals surface area (Å²) >= 11 is 6.35. The smallest absolute Gasteiger partial charge is 0.231 e. The zero-order valence-electron chi connectivity index (χ0n) is 19.6. The topological polar surface area (TPSA) is 66.5 Å². The first kappa shape index (κ1) is 23.1. The number of halogens is 1. The lowest BCUT2D eigenvalue weighted by Crippen LogP contribution is -2.31. The Bertz CT molecular complexity index is 1340. The van der Waals surface area contributed by atoms with Crippen LogP contribution in [0.4, 0.5) is 0 Å². The summed E-state index contributed by atoms with van der Waals surface area (Å²) < 4.78 is 28.5. The van der Waals surface area contributed by atoms with Gasteiger partial charge in [-0.15, -0.1) is 0 Å². The number of hydrogen-bond donors (Lipinski definition) is 0. The molecular weight excluding hydrogens is 470 g/mol. The number of methoxy groups -OCH3 is 3. The van der Waals surface area contributed by atoms with E-state index in [-0.39, 0.29) is 11.5 Å². The Morgan fingerprint density at radius 3 is 2.54 bits per heavy atom. The Kier molecular flexibility index (Phi) is 6.28. The molecule has 2 aliphatic rings. The van der Waals surface area contributed by atoms with Crippen LogP contribution in [0.5, 0.6) is 28.7 Å². The largest absolute Gasteiger partial charge is 0.493 e. The molecule has 0 bridgehead atoms. The monoisotopic (exact) mass is 493 g/mol. The Labute approximate surface area is 208 Å². The molecule has 180 valence electrons. The van der Waals surface area contributed by atoms with E-state index < -0.39 is 0 Å². The molecule has 0 saturated heterocycles. The lowest BCUT2D eigenvalue weighted by molar-refractivity contribution is 0.0873. The van der Waals surface area contributed by atoms with Crippen LogP contribution >= 0.6 is 11.6 Å². The van der Waals surface area contributed by atoms with Crippen molar-refractivity contribution in [2.75, 3.05) is 28.1 Å². The van der Waals surface area contributed by atoms with Crippen LogP contribution in [0.15, 0.2) is 54.3 Å². The maximum atomic E-state index is 13.2. The minimum absolute atomic E-state index is 0.196. The summed E-state index contributed by atoms with van der Waals surface area (Å²) in [6.07, 6.45) is 1.65. The molecule has 0 aliphatic carbocycles. The molecule has 5 rings (SSSR count). The molecule has 0 radical (unpaired) electrons. The molecule has 0 fully saturated rings. The molecule has 0 amide bonds. The highest BCUT2D eigenvalue weighted by molar-refractivity contribution is 6.31. The predicted octanol–water partition coefficient (Wildman–Crippen LogP) is 5.33. The second-order valence-corrected chi connectivity index (χ2v) is 8.54. The summed E-state index contributed by atoms with van der Waals surface area (Å²) in [5.41, 5.74) is 2.97. The standard InChI is InChI=1S/C27H24ClNO6/c1-31-22-10-8-16(25(32-2)27(22)33-3)12-23-24(30)18-9-11-21-19(26(18)35-23)14-29(15-34-21)13-17-6-4-5-7-20(17)28/h4-12H,13-15H2,1-3H3/b23-12-. The van der Waals surface area contributed by atoms with Crippen molar-refractivity contribution in [1.82, 2.24) is 4.90 Å². The molecule has 0 atom stereocenters. The molecule has 0 saturated carbocycles. The number of ketones is 1. The normalized spacial score (nSPS) is 15.8. The van der Waals surface area contributed by atoms with E-state index >= 15 is 0 Å². The first-order valence-electron chi connectivity index (χ1n) is 11.0. The van der Waals surface area contributed by atoms with Crippen LogP contribution in [0.2, 0.25) is 5.02 Å². The van der Waals surface area contributed by atoms with Crippen LogP contribution in [0.1, 0.15) is 27.0 Å². The number of Topliss-reactive ketones (excluding diaryl/α,β-unsaturated/α-hetero) is 1. The lowest BCUT2D eigenvalue weighted by Gasteiger charge is -2.30. The third-order valence-corrected chi connectivity index (χ3v) is 6.42. The maximum absolute atomic E-state index is 13.2. The van der Waals surface area contributed by atoms with Gasteiger partial charge in [0, 0.05) is 23.7 Å². The maximum Gasteiger partial charge on any atom is 0.231 e. The summed E-state index contributed by atoms with van der Waals surface area (Å²) in [6.45, 7) is 1.59. The third-order valence-electron chi connectivity index (χ3n) is 6.06. The van der Waals surface area contributed by atoms with E-state index in [0.717, 1.165) is 11.1 Å². The van der Waals surface area contributed by atoms with Gasteiger partial charge in [-0.25, -0.2) is 0 Å². The molecule has 35 heavy (non-hydrogen) atoms. The number of nitrogens with zero attached hydrogens (tertiary/aromatic N) is 1. The number of carbonyl (C=O) groups is 1. The van der Waals surface area contributed by atoms with E-state index in [0.29, 0.717) is 64.7 Å². The van der Waals surface area contributed by atoms with Gasteiger partial charge in [-0.05, 0) is 42.0 Å². The fourth-order valence-electron chi connectivity index (χ4n) is 4.35. The van der Waals surface area contributed by atoms with Crippen molar-refractivity contribution in [3.05, 3.63) is 81.6 Å². The van der Waals surface area contributed by atoms with Crippen molar-refractivity contribution < 1.29 is 28.5 Å². The molecule has 2 aliphatic heterocycles. The zero-order valence-corrected chi connectivity index (χ0v) is 20.3. The van der Waals surface area contributed by atoms with Crippen LogP contribution in [-0.4, -0.2) is 38.7 Å². The van der Waals surface area contributed by atoms with Crippen molar-refractivity contribution in [3.8, 4) is 28.7 Å². The van der Waals surface area contributed by atoms with Gasteiger partial charge < -0.3 is 23.7 Å². The van der Waals surface area contributed by atoms with Crippen LogP contribution in [0.3, 0.4) is 0 Å². The fourth-order valence-corrected chi connectivity index (χ4v) is 4.55. The van der Waals surface area contributed by atoms with Crippen LogP contribution in [0.25, 0.3) is 6.08 Å². The highest BCUT2D eigenvalue weighted by Crippen LogP contribution is 2.44. The van der Waals surface area contributed by atoms with Gasteiger partial charge in [0.25, 0.3) is 0 Å². The Morgan fingerprint density at radius 1 is 1.00 bits per heavy atom. The molecule has 8 heteroatoms. The van der Waals surface area contributed by atoms with Gasteiger partial charge in [0.1, 0.15) is 18.2 Å². The molecule has 0 spiro atoms. The van der Waals surface area contributed by atoms with E-state index in [1.807, 2.05) is 30.3 Å². The third kappa shape index (κ3) is 4.17. The molecule has 3 aromatic rings. The van der Waals surface area contributed by atoms with Crippen molar-refractivity contribution in [2.45, 2.75) is 13.1 Å². The second kappa shape index (κ2) is 9.52. The number of ether oxygens (including phenoxy) is 5. The Hall–Kier alpha value is -3.68. The number of carbonyl (C=O) groups excluding carboxylic acids is 1. The van der Waals surface area contributed by atoms with E-state index in [2.05, 4.69) is 4.90 Å². The average Bonchev–Trinajstić information content (AvgIpc) is 3.20. The van der Waals surface area contributed by atoms with Crippen molar-refractivity contribution in [1.29, 1.82) is 0 Å².